The number of aromatic nitrogens is 1. The number of carbonyl (C=O) groups excluding carboxylic acids is 2. The van der Waals surface area contributed by atoms with E-state index in [1.807, 2.05) is 0 Å². The van der Waals surface area contributed by atoms with Gasteiger partial charge in [-0.25, -0.2) is 4.98 Å². The summed E-state index contributed by atoms with van der Waals surface area (Å²) >= 11 is 0. The van der Waals surface area contributed by atoms with Gasteiger partial charge in [0.2, 0.25) is 6.79 Å². The fourth-order valence-electron chi connectivity index (χ4n) is 1.01. The molecule has 1 heterocycles. The third-order valence-electron chi connectivity index (χ3n) is 1.83. The van der Waals surface area contributed by atoms with E-state index >= 15 is 0 Å². The van der Waals surface area contributed by atoms with Crippen LogP contribution in [0.5, 0.6) is 11.5 Å². The Kier molecular flexibility index (Phi) is 4.27. The average molecular weight is 240 g/mol. The van der Waals surface area contributed by atoms with Crippen LogP contribution in [-0.4, -0.2) is 28.8 Å². The third kappa shape index (κ3) is 3.33. The lowest BCUT2D eigenvalue weighted by atomic mass is 10.3. The van der Waals surface area contributed by atoms with E-state index in [4.69, 9.17) is 10.5 Å². The Hall–Kier alpha value is -2.31. The van der Waals surface area contributed by atoms with Crippen molar-refractivity contribution in [3.8, 4) is 11.5 Å². The van der Waals surface area contributed by atoms with Crippen molar-refractivity contribution in [2.45, 2.75) is 13.3 Å². The summed E-state index contributed by atoms with van der Waals surface area (Å²) in [5.41, 5.74) is 4.82. The molecule has 0 aliphatic rings. The average Bonchev–Trinajstić information content (AvgIpc) is 2.30. The molecule has 1 aromatic rings. The van der Waals surface area contributed by atoms with E-state index in [1.54, 1.807) is 6.92 Å². The van der Waals surface area contributed by atoms with Gasteiger partial charge in [-0.3, -0.25) is 9.59 Å². The molecule has 0 atom stereocenters. The second kappa shape index (κ2) is 5.69. The highest BCUT2D eigenvalue weighted by atomic mass is 16.7. The van der Waals surface area contributed by atoms with Gasteiger partial charge in [-0.15, -0.1) is 0 Å². The molecule has 1 aromatic heterocycles. The number of nitrogens with two attached hydrogens (primary N) is 1. The van der Waals surface area contributed by atoms with Crippen LogP contribution in [0.15, 0.2) is 12.3 Å². The zero-order chi connectivity index (χ0) is 12.8. The second-order valence-corrected chi connectivity index (χ2v) is 3.00. The molecule has 3 N–H and O–H groups in total. The number of esters is 1. The Bertz CT molecular complexity index is 433. The molecule has 1 amide bonds. The van der Waals surface area contributed by atoms with Crippen LogP contribution in [-0.2, 0) is 9.53 Å². The molecule has 0 unspecified atom stereocenters. The van der Waals surface area contributed by atoms with E-state index in [2.05, 4.69) is 9.72 Å². The van der Waals surface area contributed by atoms with Crippen molar-refractivity contribution in [1.82, 2.24) is 4.98 Å². The van der Waals surface area contributed by atoms with Gasteiger partial charge in [-0.05, 0) is 0 Å². The van der Waals surface area contributed by atoms with Crippen molar-refractivity contribution >= 4 is 11.9 Å². The van der Waals surface area contributed by atoms with Crippen LogP contribution in [0, 0.1) is 0 Å². The fourth-order valence-corrected chi connectivity index (χ4v) is 1.01. The highest BCUT2D eigenvalue weighted by Crippen LogP contribution is 2.27. The maximum absolute atomic E-state index is 11.0. The van der Waals surface area contributed by atoms with Crippen molar-refractivity contribution in [3.05, 3.63) is 18.0 Å². The summed E-state index contributed by atoms with van der Waals surface area (Å²) in [6.45, 7) is 1.20. The monoisotopic (exact) mass is 240 g/mol. The SMILES string of the molecule is CCC(=O)OCOc1c(O)ccnc1C(N)=O. The predicted molar refractivity (Wildman–Crippen MR) is 56.3 cm³/mol. The Labute approximate surface area is 97.2 Å². The molecule has 0 aromatic carbocycles. The number of primary amides is 1. The Morgan fingerprint density at radius 1 is 1.53 bits per heavy atom. The van der Waals surface area contributed by atoms with Crippen LogP contribution in [0.1, 0.15) is 23.8 Å². The normalized spacial score (nSPS) is 9.71. The van der Waals surface area contributed by atoms with Crippen molar-refractivity contribution in [2.75, 3.05) is 6.79 Å². The molecule has 1 rings (SSSR count). The summed E-state index contributed by atoms with van der Waals surface area (Å²) < 4.78 is 9.58. The minimum absolute atomic E-state index is 0.199. The van der Waals surface area contributed by atoms with Crippen LogP contribution in [0.3, 0.4) is 0 Å². The maximum Gasteiger partial charge on any atom is 0.308 e. The molecular formula is C10H12N2O5. The summed E-state index contributed by atoms with van der Waals surface area (Å²) in [5, 5.41) is 9.45. The molecule has 0 aliphatic heterocycles. The molecule has 0 spiro atoms. The number of carbonyl (C=O) groups is 2. The van der Waals surface area contributed by atoms with E-state index in [0.717, 1.165) is 0 Å². The first kappa shape index (κ1) is 12.8. The maximum atomic E-state index is 11.0. The van der Waals surface area contributed by atoms with E-state index in [0.29, 0.717) is 0 Å². The van der Waals surface area contributed by atoms with Crippen molar-refractivity contribution in [3.63, 3.8) is 0 Å². The highest BCUT2D eigenvalue weighted by Gasteiger charge is 2.15. The van der Waals surface area contributed by atoms with Crippen LogP contribution in [0.4, 0.5) is 0 Å². The number of amides is 1. The number of hydrogen-bond donors (Lipinski definition) is 2. The van der Waals surface area contributed by atoms with Gasteiger partial charge in [0.1, 0.15) is 0 Å². The lowest BCUT2D eigenvalue weighted by Crippen LogP contribution is -2.16. The molecule has 0 fully saturated rings. The van der Waals surface area contributed by atoms with Gasteiger partial charge in [0.25, 0.3) is 5.91 Å². The predicted octanol–water partition coefficient (Wildman–Crippen LogP) is 0.176. The number of nitrogens with zero attached hydrogens (tertiary/aromatic N) is 1. The van der Waals surface area contributed by atoms with E-state index < -0.39 is 18.7 Å². The molecule has 92 valence electrons. The number of rotatable bonds is 5. The molecule has 0 radical (unpaired) electrons. The van der Waals surface area contributed by atoms with Gasteiger partial charge in [0.15, 0.2) is 17.2 Å². The molecule has 0 bridgehead atoms. The summed E-state index contributed by atoms with van der Waals surface area (Å²) in [6.07, 6.45) is 1.41. The van der Waals surface area contributed by atoms with Gasteiger partial charge in [0, 0.05) is 18.7 Å². The Balaban J connectivity index is 2.76. The molecule has 17 heavy (non-hydrogen) atoms. The smallest absolute Gasteiger partial charge is 0.308 e. The third-order valence-corrected chi connectivity index (χ3v) is 1.83. The second-order valence-electron chi connectivity index (χ2n) is 3.00. The van der Waals surface area contributed by atoms with Crippen LogP contribution >= 0.6 is 0 Å². The topological polar surface area (TPSA) is 112 Å². The van der Waals surface area contributed by atoms with Gasteiger partial charge >= 0.3 is 5.97 Å². The lowest BCUT2D eigenvalue weighted by Gasteiger charge is -2.10. The lowest BCUT2D eigenvalue weighted by molar-refractivity contribution is -0.149. The first-order valence-electron chi connectivity index (χ1n) is 4.82. The first-order chi connectivity index (χ1) is 8.06. The zero-order valence-corrected chi connectivity index (χ0v) is 9.17. The van der Waals surface area contributed by atoms with Crippen LogP contribution in [0.25, 0.3) is 0 Å². The highest BCUT2D eigenvalue weighted by molar-refractivity contribution is 5.94. The standard InChI is InChI=1S/C10H12N2O5/c1-2-7(14)16-5-17-9-6(13)3-4-12-8(9)10(11)15/h3-4H,2,5H2,1H3,(H2,11,15)(H,12,13). The minimum atomic E-state index is -0.849. The number of hydrogen-bond acceptors (Lipinski definition) is 6. The van der Waals surface area contributed by atoms with Crippen molar-refractivity contribution in [2.24, 2.45) is 5.73 Å². The molecule has 0 aliphatic carbocycles. The minimum Gasteiger partial charge on any atom is -0.504 e. The molecular weight excluding hydrogens is 228 g/mol. The Morgan fingerprint density at radius 3 is 2.82 bits per heavy atom. The molecule has 0 saturated carbocycles. The molecule has 7 heteroatoms. The summed E-state index contributed by atoms with van der Waals surface area (Å²) in [6, 6.07) is 1.23. The van der Waals surface area contributed by atoms with E-state index in [1.165, 1.54) is 12.3 Å². The Morgan fingerprint density at radius 2 is 2.24 bits per heavy atom. The number of pyridine rings is 1. The summed E-state index contributed by atoms with van der Waals surface area (Å²) in [4.78, 5) is 25.5. The first-order valence-corrected chi connectivity index (χ1v) is 4.82. The summed E-state index contributed by atoms with van der Waals surface area (Å²) in [5.74, 6) is -1.82. The quantitative estimate of drug-likeness (QED) is 0.560. The van der Waals surface area contributed by atoms with Gasteiger partial charge < -0.3 is 20.3 Å². The molecule has 7 nitrogen and oxygen atoms in total. The fraction of sp³-hybridized carbons (Fsp3) is 0.300. The van der Waals surface area contributed by atoms with Crippen LogP contribution in [0.2, 0.25) is 0 Å². The van der Waals surface area contributed by atoms with Crippen molar-refractivity contribution in [1.29, 1.82) is 0 Å². The van der Waals surface area contributed by atoms with E-state index in [-0.39, 0.29) is 23.6 Å². The summed E-state index contributed by atoms with van der Waals surface area (Å²) in [7, 11) is 0. The largest absolute Gasteiger partial charge is 0.504 e. The van der Waals surface area contributed by atoms with Gasteiger partial charge in [0.05, 0.1) is 0 Å². The van der Waals surface area contributed by atoms with Gasteiger partial charge in [-0.1, -0.05) is 6.92 Å². The van der Waals surface area contributed by atoms with Crippen molar-refractivity contribution < 1.29 is 24.2 Å². The van der Waals surface area contributed by atoms with Crippen LogP contribution < -0.4 is 10.5 Å². The zero-order valence-electron chi connectivity index (χ0n) is 9.17. The number of aromatic hydroxyl groups is 1. The van der Waals surface area contributed by atoms with E-state index in [9.17, 15) is 14.7 Å². The molecule has 0 saturated heterocycles. The number of ether oxygens (including phenoxy) is 2. The van der Waals surface area contributed by atoms with Gasteiger partial charge in [-0.2, -0.15) is 0 Å².